The molecule has 0 atom stereocenters. The Bertz CT molecular complexity index is 579. The van der Waals surface area contributed by atoms with Crippen molar-refractivity contribution in [2.75, 3.05) is 32.7 Å². The number of hydrogen-bond donors (Lipinski definition) is 2. The minimum atomic E-state index is -0.0574. The van der Waals surface area contributed by atoms with E-state index in [4.69, 9.17) is 0 Å². The van der Waals surface area contributed by atoms with Gasteiger partial charge in [-0.3, -0.25) is 9.69 Å². The summed E-state index contributed by atoms with van der Waals surface area (Å²) in [6.45, 7) is 4.55. The first kappa shape index (κ1) is 18.7. The highest BCUT2D eigenvalue weighted by Crippen LogP contribution is 2.17. The Morgan fingerprint density at radius 2 is 1.69 bits per heavy atom. The number of amides is 3. The molecule has 0 unspecified atom stereocenters. The third kappa shape index (κ3) is 5.73. The summed E-state index contributed by atoms with van der Waals surface area (Å²) in [4.78, 5) is 28.4. The van der Waals surface area contributed by atoms with E-state index in [-0.39, 0.29) is 11.9 Å². The molecule has 3 amide bonds. The predicted octanol–water partition coefficient (Wildman–Crippen LogP) is 1.96. The first-order valence-electron chi connectivity index (χ1n) is 9.79. The molecule has 26 heavy (non-hydrogen) atoms. The summed E-state index contributed by atoms with van der Waals surface area (Å²) in [7, 11) is 0. The molecule has 0 radical (unpaired) electrons. The van der Waals surface area contributed by atoms with Crippen molar-refractivity contribution in [1.82, 2.24) is 20.4 Å². The number of rotatable bonds is 6. The predicted molar refractivity (Wildman–Crippen MR) is 102 cm³/mol. The Morgan fingerprint density at radius 1 is 1.00 bits per heavy atom. The first-order chi connectivity index (χ1) is 12.7. The molecule has 142 valence electrons. The van der Waals surface area contributed by atoms with E-state index in [0.29, 0.717) is 19.0 Å². The molecule has 1 aliphatic carbocycles. The Hall–Kier alpha value is -2.08. The molecular weight excluding hydrogens is 328 g/mol. The molecular formula is C20H30N4O2. The monoisotopic (exact) mass is 358 g/mol. The number of hydrogen-bond acceptors (Lipinski definition) is 3. The van der Waals surface area contributed by atoms with Crippen LogP contribution in [0.1, 0.15) is 37.7 Å². The van der Waals surface area contributed by atoms with Crippen LogP contribution >= 0.6 is 0 Å². The second kappa shape index (κ2) is 9.57. The van der Waals surface area contributed by atoms with Gasteiger partial charge in [-0.05, 0) is 18.4 Å². The number of carbonyl (C=O) groups is 2. The van der Waals surface area contributed by atoms with Gasteiger partial charge >= 0.3 is 6.03 Å². The molecule has 1 aromatic rings. The van der Waals surface area contributed by atoms with E-state index in [1.807, 2.05) is 11.0 Å². The van der Waals surface area contributed by atoms with Gasteiger partial charge in [0.15, 0.2) is 0 Å². The van der Waals surface area contributed by atoms with Crippen molar-refractivity contribution in [3.05, 3.63) is 35.9 Å². The molecule has 1 saturated carbocycles. The zero-order valence-electron chi connectivity index (χ0n) is 15.5. The zero-order valence-corrected chi connectivity index (χ0v) is 15.5. The normalized spacial score (nSPS) is 18.7. The fourth-order valence-corrected chi connectivity index (χ4v) is 3.72. The van der Waals surface area contributed by atoms with Crippen LogP contribution in [0.25, 0.3) is 0 Å². The lowest BCUT2D eigenvalue weighted by Crippen LogP contribution is -2.51. The molecule has 2 fully saturated rings. The molecule has 0 spiro atoms. The zero-order chi connectivity index (χ0) is 18.2. The van der Waals surface area contributed by atoms with E-state index in [0.717, 1.165) is 45.6 Å². The van der Waals surface area contributed by atoms with Gasteiger partial charge in [-0.2, -0.15) is 0 Å². The molecule has 1 aromatic carbocycles. The summed E-state index contributed by atoms with van der Waals surface area (Å²) in [5.74, 6) is 0.0462. The van der Waals surface area contributed by atoms with Crippen LogP contribution in [0.2, 0.25) is 0 Å². The molecule has 2 N–H and O–H groups in total. The molecule has 0 aromatic heterocycles. The quantitative estimate of drug-likeness (QED) is 0.817. The smallest absolute Gasteiger partial charge is 0.317 e. The van der Waals surface area contributed by atoms with Crippen LogP contribution < -0.4 is 10.6 Å². The minimum Gasteiger partial charge on any atom is -0.353 e. The Kier molecular flexibility index (Phi) is 6.89. The molecule has 6 nitrogen and oxygen atoms in total. The molecule has 2 aliphatic rings. The van der Waals surface area contributed by atoms with E-state index in [9.17, 15) is 9.59 Å². The van der Waals surface area contributed by atoms with Gasteiger partial charge in [0.1, 0.15) is 0 Å². The van der Waals surface area contributed by atoms with Gasteiger partial charge < -0.3 is 15.5 Å². The van der Waals surface area contributed by atoms with Gasteiger partial charge in [-0.25, -0.2) is 4.79 Å². The number of nitrogens with one attached hydrogen (secondary N) is 2. The topological polar surface area (TPSA) is 64.7 Å². The summed E-state index contributed by atoms with van der Waals surface area (Å²) in [5.41, 5.74) is 1.30. The summed E-state index contributed by atoms with van der Waals surface area (Å²) in [6, 6.07) is 10.7. The van der Waals surface area contributed by atoms with Crippen LogP contribution in [-0.2, 0) is 11.3 Å². The van der Waals surface area contributed by atoms with Crippen molar-refractivity contribution in [2.24, 2.45) is 0 Å². The lowest BCUT2D eigenvalue weighted by atomic mass is 10.2. The standard InChI is InChI=1S/C20H30N4O2/c25-19(22-18-8-4-5-9-18)10-11-21-20(26)24-14-12-23(13-15-24)16-17-6-2-1-3-7-17/h1-3,6-7,18H,4-5,8-16H2,(H,21,26)(H,22,25). The van der Waals surface area contributed by atoms with Gasteiger partial charge in [0, 0.05) is 51.7 Å². The minimum absolute atomic E-state index is 0.0462. The fraction of sp³-hybridized carbons (Fsp3) is 0.600. The molecule has 0 bridgehead atoms. The average Bonchev–Trinajstić information content (AvgIpc) is 3.16. The SMILES string of the molecule is O=C(CCNC(=O)N1CCN(Cc2ccccc2)CC1)NC1CCCC1. The van der Waals surface area contributed by atoms with E-state index in [1.54, 1.807) is 0 Å². The average molecular weight is 358 g/mol. The summed E-state index contributed by atoms with van der Waals surface area (Å²) in [5, 5.41) is 5.93. The van der Waals surface area contributed by atoms with Gasteiger partial charge in [0.25, 0.3) is 0 Å². The van der Waals surface area contributed by atoms with Crippen LogP contribution in [-0.4, -0.2) is 60.5 Å². The molecule has 6 heteroatoms. The summed E-state index contributed by atoms with van der Waals surface area (Å²) in [6.07, 6.45) is 4.95. The molecule has 1 aliphatic heterocycles. The maximum absolute atomic E-state index is 12.3. The molecule has 1 saturated heterocycles. The lowest BCUT2D eigenvalue weighted by Gasteiger charge is -2.34. The van der Waals surface area contributed by atoms with Crippen molar-refractivity contribution in [1.29, 1.82) is 0 Å². The van der Waals surface area contributed by atoms with Gasteiger partial charge in [-0.15, -0.1) is 0 Å². The molecule has 3 rings (SSSR count). The highest BCUT2D eigenvalue weighted by molar-refractivity contribution is 5.78. The number of piperazine rings is 1. The Balaban J connectivity index is 1.30. The van der Waals surface area contributed by atoms with Gasteiger partial charge in [0.05, 0.1) is 0 Å². The third-order valence-corrected chi connectivity index (χ3v) is 5.26. The van der Waals surface area contributed by atoms with Crippen molar-refractivity contribution < 1.29 is 9.59 Å². The number of nitrogens with zero attached hydrogens (tertiary/aromatic N) is 2. The van der Waals surface area contributed by atoms with E-state index in [1.165, 1.54) is 18.4 Å². The maximum atomic E-state index is 12.3. The number of carbonyl (C=O) groups excluding carboxylic acids is 2. The largest absolute Gasteiger partial charge is 0.353 e. The maximum Gasteiger partial charge on any atom is 0.317 e. The van der Waals surface area contributed by atoms with Crippen LogP contribution in [0, 0.1) is 0 Å². The van der Waals surface area contributed by atoms with E-state index in [2.05, 4.69) is 39.8 Å². The van der Waals surface area contributed by atoms with Crippen LogP contribution in [0.15, 0.2) is 30.3 Å². The van der Waals surface area contributed by atoms with Crippen LogP contribution in [0.5, 0.6) is 0 Å². The molecule has 1 heterocycles. The highest BCUT2D eigenvalue weighted by atomic mass is 16.2. The van der Waals surface area contributed by atoms with E-state index < -0.39 is 0 Å². The Morgan fingerprint density at radius 3 is 2.38 bits per heavy atom. The number of urea groups is 1. The fourth-order valence-electron chi connectivity index (χ4n) is 3.72. The summed E-state index contributed by atoms with van der Waals surface area (Å²) >= 11 is 0. The lowest BCUT2D eigenvalue weighted by molar-refractivity contribution is -0.121. The van der Waals surface area contributed by atoms with E-state index >= 15 is 0 Å². The summed E-state index contributed by atoms with van der Waals surface area (Å²) < 4.78 is 0. The van der Waals surface area contributed by atoms with Crippen LogP contribution in [0.4, 0.5) is 4.79 Å². The van der Waals surface area contributed by atoms with Crippen molar-refractivity contribution >= 4 is 11.9 Å². The third-order valence-electron chi connectivity index (χ3n) is 5.26. The second-order valence-electron chi connectivity index (χ2n) is 7.28. The van der Waals surface area contributed by atoms with Crippen molar-refractivity contribution in [3.8, 4) is 0 Å². The first-order valence-corrected chi connectivity index (χ1v) is 9.79. The van der Waals surface area contributed by atoms with Crippen molar-refractivity contribution in [3.63, 3.8) is 0 Å². The van der Waals surface area contributed by atoms with Crippen LogP contribution in [0.3, 0.4) is 0 Å². The van der Waals surface area contributed by atoms with Gasteiger partial charge in [-0.1, -0.05) is 43.2 Å². The number of benzene rings is 1. The van der Waals surface area contributed by atoms with Gasteiger partial charge in [0.2, 0.25) is 5.91 Å². The second-order valence-corrected chi connectivity index (χ2v) is 7.28. The Labute approximate surface area is 155 Å². The van der Waals surface area contributed by atoms with Crippen molar-refractivity contribution in [2.45, 2.75) is 44.7 Å². The highest BCUT2D eigenvalue weighted by Gasteiger charge is 2.21.